The van der Waals surface area contributed by atoms with Crippen LogP contribution in [0.4, 0.5) is 0 Å². The number of hydrogen-bond donors (Lipinski definition) is 1. The molecule has 1 aliphatic heterocycles. The molecule has 0 bridgehead atoms. The van der Waals surface area contributed by atoms with Gasteiger partial charge in [0, 0.05) is 38.4 Å². The number of carbonyl (C=O) groups is 1. The van der Waals surface area contributed by atoms with Crippen molar-refractivity contribution < 1.29 is 4.79 Å². The zero-order valence-electron chi connectivity index (χ0n) is 11.2. The Labute approximate surface area is 114 Å². The van der Waals surface area contributed by atoms with Gasteiger partial charge in [0.25, 0.3) is 0 Å². The van der Waals surface area contributed by atoms with Crippen LogP contribution >= 0.6 is 0 Å². The lowest BCUT2D eigenvalue weighted by atomic mass is 10.0. The highest BCUT2D eigenvalue weighted by molar-refractivity contribution is 5.76. The summed E-state index contributed by atoms with van der Waals surface area (Å²) in [6.07, 6.45) is 7.85. The van der Waals surface area contributed by atoms with Gasteiger partial charge in [0.2, 0.25) is 5.91 Å². The maximum Gasteiger partial charge on any atom is 0.223 e. The second kappa shape index (κ2) is 7.04. The molecule has 1 unspecified atom stereocenters. The van der Waals surface area contributed by atoms with E-state index in [1.807, 2.05) is 29.3 Å². The number of aromatic nitrogens is 1. The van der Waals surface area contributed by atoms with E-state index in [-0.39, 0.29) is 11.9 Å². The molecule has 19 heavy (non-hydrogen) atoms. The van der Waals surface area contributed by atoms with Crippen LogP contribution in [0.5, 0.6) is 0 Å². The van der Waals surface area contributed by atoms with E-state index in [0.717, 1.165) is 38.0 Å². The van der Waals surface area contributed by atoms with Crippen LogP contribution in [0.15, 0.2) is 37.2 Å². The van der Waals surface area contributed by atoms with Gasteiger partial charge in [0.1, 0.15) is 0 Å². The molecule has 1 atom stereocenters. The average Bonchev–Trinajstić information content (AvgIpc) is 2.48. The van der Waals surface area contributed by atoms with Crippen molar-refractivity contribution in [3.63, 3.8) is 0 Å². The summed E-state index contributed by atoms with van der Waals surface area (Å²) in [7, 11) is 0. The van der Waals surface area contributed by atoms with Crippen LogP contribution < -0.4 is 5.32 Å². The van der Waals surface area contributed by atoms with E-state index < -0.39 is 0 Å². The number of unbranched alkanes of at least 4 members (excludes halogenated alkanes) is 1. The molecule has 1 aromatic rings. The minimum atomic E-state index is 0.110. The summed E-state index contributed by atoms with van der Waals surface area (Å²) in [5.41, 5.74) is 1.10. The molecule has 1 amide bonds. The monoisotopic (exact) mass is 259 g/mol. The number of nitrogens with zero attached hydrogens (tertiary/aromatic N) is 2. The van der Waals surface area contributed by atoms with Gasteiger partial charge in [0.05, 0.1) is 6.04 Å². The molecule has 1 aromatic heterocycles. The maximum absolute atomic E-state index is 12.3. The summed E-state index contributed by atoms with van der Waals surface area (Å²) in [5, 5.41) is 3.35. The van der Waals surface area contributed by atoms with Crippen molar-refractivity contribution in [3.05, 3.63) is 42.7 Å². The fraction of sp³-hybridized carbons (Fsp3) is 0.467. The molecule has 1 N–H and O–H groups in total. The van der Waals surface area contributed by atoms with Crippen LogP contribution in [0.2, 0.25) is 0 Å². The van der Waals surface area contributed by atoms with E-state index in [9.17, 15) is 4.79 Å². The van der Waals surface area contributed by atoms with Crippen molar-refractivity contribution >= 4 is 5.91 Å². The van der Waals surface area contributed by atoms with Crippen molar-refractivity contribution in [3.8, 4) is 0 Å². The number of rotatable bonds is 5. The zero-order chi connectivity index (χ0) is 13.5. The van der Waals surface area contributed by atoms with Gasteiger partial charge in [-0.05, 0) is 24.5 Å². The Morgan fingerprint density at radius 2 is 2.53 bits per heavy atom. The zero-order valence-corrected chi connectivity index (χ0v) is 11.2. The predicted octanol–water partition coefficient (Wildman–Crippen LogP) is 1.91. The first-order valence-electron chi connectivity index (χ1n) is 6.84. The third kappa shape index (κ3) is 3.64. The quantitative estimate of drug-likeness (QED) is 0.649. The summed E-state index contributed by atoms with van der Waals surface area (Å²) in [4.78, 5) is 18.4. The Kier molecular flexibility index (Phi) is 5.10. The van der Waals surface area contributed by atoms with Crippen LogP contribution in [-0.2, 0) is 4.79 Å². The number of pyridine rings is 1. The normalized spacial score (nSPS) is 19.2. The Morgan fingerprint density at radius 1 is 1.63 bits per heavy atom. The molecule has 0 saturated carbocycles. The molecule has 1 saturated heterocycles. The van der Waals surface area contributed by atoms with Crippen LogP contribution in [0.3, 0.4) is 0 Å². The molecule has 4 heteroatoms. The van der Waals surface area contributed by atoms with E-state index in [4.69, 9.17) is 0 Å². The second-order valence-corrected chi connectivity index (χ2v) is 4.77. The number of carbonyl (C=O) groups excluding carboxylic acids is 1. The van der Waals surface area contributed by atoms with Gasteiger partial charge < -0.3 is 10.2 Å². The first kappa shape index (κ1) is 13.7. The van der Waals surface area contributed by atoms with E-state index in [1.165, 1.54) is 0 Å². The van der Waals surface area contributed by atoms with E-state index >= 15 is 0 Å². The van der Waals surface area contributed by atoms with Gasteiger partial charge in [-0.2, -0.15) is 0 Å². The molecule has 4 nitrogen and oxygen atoms in total. The first-order chi connectivity index (χ1) is 9.33. The molecule has 1 fully saturated rings. The average molecular weight is 259 g/mol. The molecule has 0 aromatic carbocycles. The summed E-state index contributed by atoms with van der Waals surface area (Å²) >= 11 is 0. The highest BCUT2D eigenvalue weighted by Crippen LogP contribution is 2.22. The van der Waals surface area contributed by atoms with Crippen LogP contribution in [0.25, 0.3) is 0 Å². The number of amides is 1. The highest BCUT2D eigenvalue weighted by atomic mass is 16.2. The Balaban J connectivity index is 2.03. The van der Waals surface area contributed by atoms with Crippen molar-refractivity contribution in [2.45, 2.75) is 25.3 Å². The summed E-state index contributed by atoms with van der Waals surface area (Å²) in [6.45, 7) is 6.13. The Morgan fingerprint density at radius 3 is 3.26 bits per heavy atom. The molecule has 0 aliphatic carbocycles. The lowest BCUT2D eigenvalue weighted by molar-refractivity contribution is -0.134. The van der Waals surface area contributed by atoms with Gasteiger partial charge in [-0.15, -0.1) is 6.58 Å². The minimum absolute atomic E-state index is 0.110. The van der Waals surface area contributed by atoms with Crippen molar-refractivity contribution in [1.82, 2.24) is 15.2 Å². The van der Waals surface area contributed by atoms with Gasteiger partial charge in [-0.3, -0.25) is 9.78 Å². The molecule has 2 heterocycles. The first-order valence-corrected chi connectivity index (χ1v) is 6.84. The third-order valence-corrected chi connectivity index (χ3v) is 3.43. The SMILES string of the molecule is C=CCCCC(=O)N1CCNCC1c1cccnc1. The van der Waals surface area contributed by atoms with Gasteiger partial charge >= 0.3 is 0 Å². The van der Waals surface area contributed by atoms with Crippen molar-refractivity contribution in [2.75, 3.05) is 19.6 Å². The molecule has 0 spiro atoms. The number of nitrogens with one attached hydrogen (secondary N) is 1. The van der Waals surface area contributed by atoms with Crippen molar-refractivity contribution in [2.24, 2.45) is 0 Å². The molecule has 102 valence electrons. The Hall–Kier alpha value is -1.68. The van der Waals surface area contributed by atoms with Gasteiger partial charge in [0.15, 0.2) is 0 Å². The summed E-state index contributed by atoms with van der Waals surface area (Å²) in [5.74, 6) is 0.234. The molecule has 1 aliphatic rings. The summed E-state index contributed by atoms with van der Waals surface area (Å²) in [6, 6.07) is 4.07. The topological polar surface area (TPSA) is 45.2 Å². The number of allylic oxidation sites excluding steroid dienone is 1. The predicted molar refractivity (Wildman–Crippen MR) is 75.6 cm³/mol. The van der Waals surface area contributed by atoms with E-state index in [0.29, 0.717) is 6.42 Å². The maximum atomic E-state index is 12.3. The Bertz CT molecular complexity index is 419. The van der Waals surface area contributed by atoms with Crippen LogP contribution in [0, 0.1) is 0 Å². The smallest absolute Gasteiger partial charge is 0.223 e. The molecular weight excluding hydrogens is 238 g/mol. The van der Waals surface area contributed by atoms with E-state index in [2.05, 4.69) is 16.9 Å². The largest absolute Gasteiger partial charge is 0.333 e. The fourth-order valence-electron chi connectivity index (χ4n) is 2.41. The number of hydrogen-bond acceptors (Lipinski definition) is 3. The lowest BCUT2D eigenvalue weighted by Gasteiger charge is -2.36. The highest BCUT2D eigenvalue weighted by Gasteiger charge is 2.27. The second-order valence-electron chi connectivity index (χ2n) is 4.77. The number of piperazine rings is 1. The van der Waals surface area contributed by atoms with Crippen molar-refractivity contribution in [1.29, 1.82) is 0 Å². The third-order valence-electron chi connectivity index (χ3n) is 3.43. The lowest BCUT2D eigenvalue weighted by Crippen LogP contribution is -2.48. The van der Waals surface area contributed by atoms with Crippen LogP contribution in [-0.4, -0.2) is 35.4 Å². The van der Waals surface area contributed by atoms with Gasteiger partial charge in [-0.1, -0.05) is 12.1 Å². The summed E-state index contributed by atoms with van der Waals surface area (Å²) < 4.78 is 0. The van der Waals surface area contributed by atoms with E-state index in [1.54, 1.807) is 6.20 Å². The molecule has 0 radical (unpaired) electrons. The fourth-order valence-corrected chi connectivity index (χ4v) is 2.41. The van der Waals surface area contributed by atoms with Crippen LogP contribution in [0.1, 0.15) is 30.9 Å². The van der Waals surface area contributed by atoms with Gasteiger partial charge in [-0.25, -0.2) is 0 Å². The molecular formula is C15H21N3O. The minimum Gasteiger partial charge on any atom is -0.333 e. The standard InChI is InChI=1S/C15H21N3O/c1-2-3-4-7-15(19)18-10-9-17-12-14(18)13-6-5-8-16-11-13/h2,5-6,8,11,14,17H,1,3-4,7,9-10,12H2. The molecule has 2 rings (SSSR count).